The van der Waals surface area contributed by atoms with Gasteiger partial charge in [-0.15, -0.1) is 0 Å². The van der Waals surface area contributed by atoms with E-state index >= 15 is 0 Å². The Hall–Kier alpha value is -0.480. The summed E-state index contributed by atoms with van der Waals surface area (Å²) < 4.78 is 2.36. The van der Waals surface area contributed by atoms with Crippen LogP contribution in [0.5, 0.6) is 0 Å². The first-order chi connectivity index (χ1) is 7.82. The summed E-state index contributed by atoms with van der Waals surface area (Å²) in [6.45, 7) is 3.79. The molecule has 0 radical (unpaired) electrons. The molecular weight excluding hydrogens is 267 g/mol. The minimum Gasteiger partial charge on any atom is -0.479 e. The molecule has 0 aliphatic heterocycles. The van der Waals surface area contributed by atoms with E-state index in [0.717, 1.165) is 25.7 Å². The summed E-state index contributed by atoms with van der Waals surface area (Å²) in [5.74, 6) is -2.75. The maximum atomic E-state index is 11.3. The molecule has 0 aliphatic carbocycles. The van der Waals surface area contributed by atoms with Gasteiger partial charge >= 0.3 is 16.3 Å². The summed E-state index contributed by atoms with van der Waals surface area (Å²) >= 11 is 10.7. The van der Waals surface area contributed by atoms with Gasteiger partial charge in [-0.25, -0.2) is 9.59 Å². The van der Waals surface area contributed by atoms with E-state index in [4.69, 9.17) is 33.0 Å². The molecule has 0 aliphatic rings. The Labute approximate surface area is 111 Å². The second-order valence-corrected chi connectivity index (χ2v) is 5.27. The highest BCUT2D eigenvalue weighted by Crippen LogP contribution is 2.24. The highest BCUT2D eigenvalue weighted by Gasteiger charge is 2.44. The molecular formula is C11H18Cl2O4. The number of aliphatic carboxylic acids is 1. The molecule has 17 heavy (non-hydrogen) atoms. The number of halogens is 2. The van der Waals surface area contributed by atoms with Gasteiger partial charge in [-0.1, -0.05) is 49.4 Å². The van der Waals surface area contributed by atoms with E-state index in [2.05, 4.69) is 6.92 Å². The molecule has 0 saturated heterocycles. The lowest BCUT2D eigenvalue weighted by atomic mass is 10.1. The highest BCUT2D eigenvalue weighted by molar-refractivity contribution is 6.66. The fourth-order valence-corrected chi connectivity index (χ4v) is 1.35. The molecule has 0 heterocycles. The number of unbranched alkanes of at least 4 members (excludes halogenated alkanes) is 3. The van der Waals surface area contributed by atoms with Gasteiger partial charge < -0.3 is 9.84 Å². The Kier molecular flexibility index (Phi) is 7.55. The summed E-state index contributed by atoms with van der Waals surface area (Å²) in [6.07, 6.45) is 4.53. The van der Waals surface area contributed by atoms with Crippen LogP contribution < -0.4 is 0 Å². The van der Waals surface area contributed by atoms with Gasteiger partial charge in [0, 0.05) is 0 Å². The number of ether oxygens (including phenoxy) is 1. The number of carboxylic acids is 1. The molecule has 1 unspecified atom stereocenters. The number of rotatable bonds is 8. The summed E-state index contributed by atoms with van der Waals surface area (Å²) in [6, 6.07) is 0. The number of hydrogen-bond donors (Lipinski definition) is 1. The Balaban J connectivity index is 3.99. The average molecular weight is 285 g/mol. The van der Waals surface area contributed by atoms with Gasteiger partial charge in [0.25, 0.3) is 0 Å². The minimum atomic E-state index is -2.52. The fraction of sp³-hybridized carbons (Fsp3) is 0.818. The van der Waals surface area contributed by atoms with Crippen molar-refractivity contribution in [2.75, 3.05) is 0 Å². The standard InChI is InChI=1S/C11H18Cl2O4/c1-3-4-5-6-7-8(2)17-10(16)11(12,13)9(14)15/h8H,3-7H2,1-2H3,(H,14,15). The first kappa shape index (κ1) is 16.5. The van der Waals surface area contributed by atoms with Gasteiger partial charge in [0.1, 0.15) is 0 Å². The van der Waals surface area contributed by atoms with E-state index in [9.17, 15) is 9.59 Å². The van der Waals surface area contributed by atoms with Gasteiger partial charge in [-0.3, -0.25) is 0 Å². The molecule has 4 nitrogen and oxygen atoms in total. The second kappa shape index (κ2) is 7.77. The second-order valence-electron chi connectivity index (χ2n) is 3.94. The lowest BCUT2D eigenvalue weighted by molar-refractivity contribution is -0.156. The largest absolute Gasteiger partial charge is 0.479 e. The molecule has 6 heteroatoms. The van der Waals surface area contributed by atoms with E-state index in [1.807, 2.05) is 0 Å². The van der Waals surface area contributed by atoms with E-state index in [1.165, 1.54) is 0 Å². The fourth-order valence-electron chi connectivity index (χ4n) is 1.26. The van der Waals surface area contributed by atoms with Gasteiger partial charge in [-0.05, 0) is 19.8 Å². The van der Waals surface area contributed by atoms with Crippen molar-refractivity contribution in [3.8, 4) is 0 Å². The Bertz CT molecular complexity index is 266. The molecule has 0 aromatic carbocycles. The number of alkyl halides is 2. The van der Waals surface area contributed by atoms with Crippen LogP contribution in [0.3, 0.4) is 0 Å². The van der Waals surface area contributed by atoms with Crippen molar-refractivity contribution in [1.82, 2.24) is 0 Å². The van der Waals surface area contributed by atoms with Crippen LogP contribution in [0.1, 0.15) is 46.0 Å². The van der Waals surface area contributed by atoms with Crippen LogP contribution in [0.15, 0.2) is 0 Å². The molecule has 0 rings (SSSR count). The van der Waals surface area contributed by atoms with Crippen molar-refractivity contribution in [2.24, 2.45) is 0 Å². The molecule has 0 spiro atoms. The molecule has 100 valence electrons. The van der Waals surface area contributed by atoms with E-state index in [0.29, 0.717) is 6.42 Å². The quantitative estimate of drug-likeness (QED) is 0.322. The summed E-state index contributed by atoms with van der Waals surface area (Å²) in [4.78, 5) is 21.9. The van der Waals surface area contributed by atoms with Crippen molar-refractivity contribution in [3.63, 3.8) is 0 Å². The number of carbonyl (C=O) groups is 2. The molecule has 0 bridgehead atoms. The molecule has 0 fully saturated rings. The predicted molar refractivity (Wildman–Crippen MR) is 66.4 cm³/mol. The predicted octanol–water partition coefficient (Wildman–Crippen LogP) is 3.15. The van der Waals surface area contributed by atoms with Crippen molar-refractivity contribution in [1.29, 1.82) is 0 Å². The summed E-state index contributed by atoms with van der Waals surface area (Å²) in [5, 5.41) is 8.61. The van der Waals surface area contributed by atoms with Gasteiger partial charge in [0.05, 0.1) is 6.10 Å². The zero-order chi connectivity index (χ0) is 13.5. The van der Waals surface area contributed by atoms with Crippen molar-refractivity contribution in [3.05, 3.63) is 0 Å². The normalized spacial score (nSPS) is 13.2. The van der Waals surface area contributed by atoms with Crippen LogP contribution in [-0.4, -0.2) is 27.5 Å². The van der Waals surface area contributed by atoms with Crippen LogP contribution >= 0.6 is 23.2 Å². The zero-order valence-electron chi connectivity index (χ0n) is 10.0. The molecule has 0 aromatic rings. The van der Waals surface area contributed by atoms with Crippen molar-refractivity contribution >= 4 is 35.1 Å². The third-order valence-corrected chi connectivity index (χ3v) is 2.93. The third-order valence-electron chi connectivity index (χ3n) is 2.30. The van der Waals surface area contributed by atoms with E-state index in [1.54, 1.807) is 6.92 Å². The Morgan fingerprint density at radius 2 is 1.88 bits per heavy atom. The molecule has 0 amide bonds. The number of hydrogen-bond acceptors (Lipinski definition) is 3. The first-order valence-corrected chi connectivity index (χ1v) is 6.40. The van der Waals surface area contributed by atoms with Crippen molar-refractivity contribution in [2.45, 2.75) is 56.4 Å². The summed E-state index contributed by atoms with van der Waals surface area (Å²) in [7, 11) is 0. The number of esters is 1. The van der Waals surface area contributed by atoms with Crippen molar-refractivity contribution < 1.29 is 19.4 Å². The maximum absolute atomic E-state index is 11.3. The maximum Gasteiger partial charge on any atom is 0.354 e. The first-order valence-electron chi connectivity index (χ1n) is 5.64. The van der Waals surface area contributed by atoms with Gasteiger partial charge in [0.15, 0.2) is 0 Å². The number of carboxylic acid groups (broad SMARTS) is 1. The van der Waals surface area contributed by atoms with E-state index < -0.39 is 16.3 Å². The average Bonchev–Trinajstić information content (AvgIpc) is 2.24. The molecule has 0 aromatic heterocycles. The monoisotopic (exact) mass is 284 g/mol. The number of carbonyl (C=O) groups excluding carboxylic acids is 1. The van der Waals surface area contributed by atoms with Gasteiger partial charge in [-0.2, -0.15) is 0 Å². The van der Waals surface area contributed by atoms with Crippen LogP contribution in [0.25, 0.3) is 0 Å². The molecule has 0 saturated carbocycles. The molecule has 1 atom stereocenters. The summed E-state index contributed by atoms with van der Waals surface area (Å²) in [5.41, 5.74) is 0. The lowest BCUT2D eigenvalue weighted by Gasteiger charge is -2.17. The Morgan fingerprint density at radius 3 is 2.35 bits per heavy atom. The van der Waals surface area contributed by atoms with E-state index in [-0.39, 0.29) is 6.10 Å². The smallest absolute Gasteiger partial charge is 0.354 e. The minimum absolute atomic E-state index is 0.379. The topological polar surface area (TPSA) is 63.6 Å². The lowest BCUT2D eigenvalue weighted by Crippen LogP contribution is -2.38. The zero-order valence-corrected chi connectivity index (χ0v) is 11.6. The Morgan fingerprint density at radius 1 is 1.29 bits per heavy atom. The van der Waals surface area contributed by atoms with Crippen LogP contribution in [0.2, 0.25) is 0 Å². The van der Waals surface area contributed by atoms with Crippen LogP contribution in [0.4, 0.5) is 0 Å². The third kappa shape index (κ3) is 6.13. The van der Waals surface area contributed by atoms with Crippen LogP contribution in [-0.2, 0) is 14.3 Å². The van der Waals surface area contributed by atoms with Crippen LogP contribution in [0, 0.1) is 0 Å². The molecule has 1 N–H and O–H groups in total. The van der Waals surface area contributed by atoms with Gasteiger partial charge in [0.2, 0.25) is 0 Å². The highest BCUT2D eigenvalue weighted by atomic mass is 35.5. The SMILES string of the molecule is CCCCCCC(C)OC(=O)C(Cl)(Cl)C(=O)O.